The van der Waals surface area contributed by atoms with Crippen LogP contribution in [0.2, 0.25) is 0 Å². The van der Waals surface area contributed by atoms with E-state index in [-0.39, 0.29) is 35.2 Å². The van der Waals surface area contributed by atoms with Crippen molar-refractivity contribution < 1.29 is 23.5 Å². The highest BCUT2D eigenvalue weighted by molar-refractivity contribution is 6.25. The van der Waals surface area contributed by atoms with Crippen LogP contribution in [0.5, 0.6) is 5.75 Å². The minimum atomic E-state index is -0.925. The van der Waals surface area contributed by atoms with Gasteiger partial charge in [0.1, 0.15) is 5.75 Å². The number of furan rings is 1. The lowest BCUT2D eigenvalue weighted by molar-refractivity contribution is -0.128. The summed E-state index contributed by atoms with van der Waals surface area (Å²) in [6.45, 7) is 1.93. The molecule has 2 amide bonds. The van der Waals surface area contributed by atoms with E-state index in [0.29, 0.717) is 5.69 Å². The molecule has 2 heterocycles. The summed E-state index contributed by atoms with van der Waals surface area (Å²) in [5.41, 5.74) is 3.93. The second kappa shape index (κ2) is 7.28. The largest absolute Gasteiger partial charge is 0.457 e. The van der Waals surface area contributed by atoms with Gasteiger partial charge in [-0.1, -0.05) is 54.6 Å². The molecule has 2 atom stereocenters. The quantitative estimate of drug-likeness (QED) is 0.229. The van der Waals surface area contributed by atoms with Crippen LogP contribution in [0, 0.1) is 11.3 Å². The number of hydrogen-bond acceptors (Lipinski definition) is 5. The number of anilines is 1. The molecule has 6 heteroatoms. The van der Waals surface area contributed by atoms with E-state index in [1.54, 1.807) is 30.3 Å². The highest BCUT2D eigenvalue weighted by Crippen LogP contribution is 2.67. The summed E-state index contributed by atoms with van der Waals surface area (Å²) < 4.78 is 10.6. The van der Waals surface area contributed by atoms with Gasteiger partial charge >= 0.3 is 5.97 Å². The zero-order valence-corrected chi connectivity index (χ0v) is 19.4. The fourth-order valence-electron chi connectivity index (χ4n) is 6.60. The Labute approximate surface area is 207 Å². The third-order valence-electron chi connectivity index (χ3n) is 8.02. The van der Waals surface area contributed by atoms with E-state index >= 15 is 0 Å². The Bertz CT molecular complexity index is 1520. The maximum Gasteiger partial charge on any atom is 0.379 e. The molecule has 0 saturated carbocycles. The van der Waals surface area contributed by atoms with E-state index in [4.69, 9.17) is 9.15 Å². The Hall–Kier alpha value is -4.45. The van der Waals surface area contributed by atoms with Gasteiger partial charge in [0.15, 0.2) is 0 Å². The van der Waals surface area contributed by atoms with Crippen LogP contribution in [-0.4, -0.2) is 17.8 Å². The van der Waals surface area contributed by atoms with Crippen molar-refractivity contribution in [1.29, 1.82) is 0 Å². The number of imide groups is 1. The lowest BCUT2D eigenvalue weighted by Gasteiger charge is -2.51. The molecule has 0 spiro atoms. The van der Waals surface area contributed by atoms with E-state index in [1.165, 1.54) is 17.2 Å². The molecule has 1 saturated heterocycles. The smallest absolute Gasteiger partial charge is 0.379 e. The molecule has 36 heavy (non-hydrogen) atoms. The van der Waals surface area contributed by atoms with Gasteiger partial charge in [-0.3, -0.25) is 9.59 Å². The Morgan fingerprint density at radius 2 is 1.53 bits per heavy atom. The Balaban J connectivity index is 1.32. The summed E-state index contributed by atoms with van der Waals surface area (Å²) in [5.74, 6) is -1.75. The summed E-state index contributed by atoms with van der Waals surface area (Å²) in [6.07, 6.45) is 1.39. The molecule has 2 bridgehead atoms. The first-order valence-electron chi connectivity index (χ1n) is 11.9. The molecule has 0 unspecified atom stereocenters. The van der Waals surface area contributed by atoms with Crippen LogP contribution in [0.15, 0.2) is 95.6 Å². The molecule has 6 nitrogen and oxygen atoms in total. The number of amides is 2. The van der Waals surface area contributed by atoms with E-state index in [0.717, 1.165) is 22.3 Å². The Kier molecular flexibility index (Phi) is 4.22. The molecule has 0 radical (unpaired) electrons. The SMILES string of the molecule is C[C@@]12C(=O)N(c3cccc(OC(=O)c4ccco4)c3)C(=O)[C@@H]1C1c3ccccc3C2c2ccccc21. The summed E-state index contributed by atoms with van der Waals surface area (Å²) in [7, 11) is 0. The number of nitrogens with zero attached hydrogens (tertiary/aromatic N) is 1. The van der Waals surface area contributed by atoms with Gasteiger partial charge in [-0.25, -0.2) is 9.69 Å². The Morgan fingerprint density at radius 1 is 0.861 bits per heavy atom. The fraction of sp³-hybridized carbons (Fsp3) is 0.167. The normalized spacial score (nSPS) is 25.4. The standard InChI is InChI=1S/C30H21NO5/c1-30-25-21-12-4-2-10-19(21)24(20-11-3-5-13-22(20)25)26(30)27(32)31(29(30)34)17-8-6-9-18(16-17)36-28(33)23-14-7-15-35-23/h2-16,24-26H,1H3/t24?,25?,26-,30-/m0/s1. The molecule has 3 aliphatic carbocycles. The molecule has 1 aromatic heterocycles. The van der Waals surface area contributed by atoms with Gasteiger partial charge in [0.25, 0.3) is 0 Å². The molecule has 4 aliphatic rings. The van der Waals surface area contributed by atoms with E-state index < -0.39 is 17.3 Å². The molecule has 1 fully saturated rings. The number of benzene rings is 3. The molecule has 1 aliphatic heterocycles. The maximum atomic E-state index is 14.2. The van der Waals surface area contributed by atoms with E-state index in [2.05, 4.69) is 24.3 Å². The van der Waals surface area contributed by atoms with Crippen molar-refractivity contribution in [3.05, 3.63) is 119 Å². The van der Waals surface area contributed by atoms with Gasteiger partial charge in [-0.05, 0) is 53.4 Å². The Morgan fingerprint density at radius 3 is 2.17 bits per heavy atom. The predicted molar refractivity (Wildman–Crippen MR) is 131 cm³/mol. The van der Waals surface area contributed by atoms with Gasteiger partial charge in [-0.2, -0.15) is 0 Å². The van der Waals surface area contributed by atoms with Gasteiger partial charge in [0.05, 0.1) is 23.3 Å². The highest BCUT2D eigenvalue weighted by Gasteiger charge is 2.68. The lowest BCUT2D eigenvalue weighted by atomic mass is 9.48. The summed E-state index contributed by atoms with van der Waals surface area (Å²) >= 11 is 0. The van der Waals surface area contributed by atoms with Crippen molar-refractivity contribution in [2.45, 2.75) is 18.8 Å². The number of carbonyl (C=O) groups is 3. The van der Waals surface area contributed by atoms with Crippen LogP contribution in [0.1, 0.15) is 51.6 Å². The molecular formula is C30H21NO5. The van der Waals surface area contributed by atoms with E-state index in [9.17, 15) is 14.4 Å². The molecular weight excluding hydrogens is 454 g/mol. The zero-order chi connectivity index (χ0) is 24.6. The minimum Gasteiger partial charge on any atom is -0.457 e. The summed E-state index contributed by atoms with van der Waals surface area (Å²) in [4.78, 5) is 41.9. The number of carbonyl (C=O) groups excluding carboxylic acids is 3. The first kappa shape index (κ1) is 20.9. The van der Waals surface area contributed by atoms with Crippen LogP contribution in [-0.2, 0) is 9.59 Å². The van der Waals surface area contributed by atoms with Crippen LogP contribution in [0.3, 0.4) is 0 Å². The average Bonchev–Trinajstić information content (AvgIpc) is 3.50. The van der Waals surface area contributed by atoms with Crippen molar-refractivity contribution in [3.8, 4) is 5.75 Å². The van der Waals surface area contributed by atoms with Gasteiger partial charge in [-0.15, -0.1) is 0 Å². The van der Waals surface area contributed by atoms with Gasteiger partial charge in [0.2, 0.25) is 17.6 Å². The third-order valence-corrected chi connectivity index (χ3v) is 8.02. The van der Waals surface area contributed by atoms with Crippen LogP contribution in [0.4, 0.5) is 5.69 Å². The lowest BCUT2D eigenvalue weighted by Crippen LogP contribution is -2.49. The fourth-order valence-corrected chi connectivity index (χ4v) is 6.60. The van der Waals surface area contributed by atoms with E-state index in [1.807, 2.05) is 31.2 Å². The van der Waals surface area contributed by atoms with Crippen LogP contribution in [0.25, 0.3) is 0 Å². The topological polar surface area (TPSA) is 76.8 Å². The van der Waals surface area contributed by atoms with Crippen molar-refractivity contribution >= 4 is 23.5 Å². The highest BCUT2D eigenvalue weighted by atomic mass is 16.5. The van der Waals surface area contributed by atoms with Crippen molar-refractivity contribution in [3.63, 3.8) is 0 Å². The number of esters is 1. The molecule has 3 aromatic carbocycles. The average molecular weight is 476 g/mol. The summed E-state index contributed by atoms with van der Waals surface area (Å²) in [6, 6.07) is 26.0. The van der Waals surface area contributed by atoms with Crippen molar-refractivity contribution in [2.24, 2.45) is 11.3 Å². The molecule has 4 aromatic rings. The molecule has 0 N–H and O–H groups in total. The second-order valence-electron chi connectivity index (χ2n) is 9.77. The zero-order valence-electron chi connectivity index (χ0n) is 19.4. The predicted octanol–water partition coefficient (Wildman–Crippen LogP) is 5.29. The first-order valence-corrected chi connectivity index (χ1v) is 11.9. The first-order chi connectivity index (χ1) is 17.5. The maximum absolute atomic E-state index is 14.2. The van der Waals surface area contributed by atoms with Crippen molar-refractivity contribution in [2.75, 3.05) is 4.90 Å². The number of ether oxygens (including phenoxy) is 1. The summed E-state index contributed by atoms with van der Waals surface area (Å²) in [5, 5.41) is 0. The van der Waals surface area contributed by atoms with Crippen LogP contribution >= 0.6 is 0 Å². The van der Waals surface area contributed by atoms with Gasteiger partial charge < -0.3 is 9.15 Å². The third kappa shape index (κ3) is 2.58. The second-order valence-corrected chi connectivity index (χ2v) is 9.77. The number of rotatable bonds is 3. The minimum absolute atomic E-state index is 0.0689. The van der Waals surface area contributed by atoms with Gasteiger partial charge in [0, 0.05) is 17.9 Å². The van der Waals surface area contributed by atoms with Crippen molar-refractivity contribution in [1.82, 2.24) is 0 Å². The van der Waals surface area contributed by atoms with Crippen LogP contribution < -0.4 is 9.64 Å². The molecule has 176 valence electrons. The monoisotopic (exact) mass is 475 g/mol. The molecule has 8 rings (SSSR count). The number of hydrogen-bond donors (Lipinski definition) is 0.